The lowest BCUT2D eigenvalue weighted by Crippen LogP contribution is -2.61. The molecule has 0 aromatic carbocycles. The second-order valence-corrected chi connectivity index (χ2v) is 22.7. The number of hydrogen-bond acceptors (Lipinski definition) is 0. The quantitative estimate of drug-likeness (QED) is 0.268. The fraction of sp³-hybridized carbons (Fsp3) is 1.00. The van der Waals surface area contributed by atoms with Crippen LogP contribution in [0.25, 0.3) is 0 Å². The maximum Gasteiger partial charge on any atom is 0.191 e. The van der Waals surface area contributed by atoms with Crippen LogP contribution in [0.5, 0.6) is 0 Å². The highest BCUT2D eigenvalue weighted by atomic mass is 31.3. The molecule has 0 bridgehead atoms. The summed E-state index contributed by atoms with van der Waals surface area (Å²) in [6.45, 7) is 35.7. The Morgan fingerprint density at radius 2 is 0.643 bits per heavy atom. The zero-order valence-electron chi connectivity index (χ0n) is 22.2. The SMILES string of the molecule is CC(C)C[P+]1(CC(C)C)[B-](C(C)(C)C)[P+](CC(C)C)(CC(C)C)[B-]1C(C)(C)C. The molecule has 2 radical (unpaired) electrons. The van der Waals surface area contributed by atoms with Crippen molar-refractivity contribution in [3.63, 3.8) is 0 Å². The third kappa shape index (κ3) is 5.61. The number of rotatable bonds is 8. The van der Waals surface area contributed by atoms with Crippen LogP contribution >= 0.6 is 14.0 Å². The van der Waals surface area contributed by atoms with E-state index >= 15 is 0 Å². The Labute approximate surface area is 182 Å². The summed E-state index contributed by atoms with van der Waals surface area (Å²) in [7, 11) is -2.06. The first-order valence-corrected chi connectivity index (χ1v) is 16.7. The summed E-state index contributed by atoms with van der Waals surface area (Å²) in [5.41, 5.74) is 0. The maximum atomic E-state index is 2.61. The molecule has 1 rings (SSSR count). The molecule has 1 heterocycles. The van der Waals surface area contributed by atoms with Crippen molar-refractivity contribution in [1.82, 2.24) is 0 Å². The van der Waals surface area contributed by atoms with Gasteiger partial charge in [0, 0.05) is 0 Å². The van der Waals surface area contributed by atoms with Gasteiger partial charge in [0.15, 0.2) is 12.3 Å². The Morgan fingerprint density at radius 1 is 0.464 bits per heavy atom. The second kappa shape index (κ2) is 9.23. The Morgan fingerprint density at radius 3 is 0.750 bits per heavy atom. The summed E-state index contributed by atoms with van der Waals surface area (Å²) in [5, 5.41) is 0.910. The van der Waals surface area contributed by atoms with Crippen LogP contribution < -0.4 is 0 Å². The van der Waals surface area contributed by atoms with Gasteiger partial charge in [-0.2, -0.15) is 0 Å². The molecule has 0 amide bonds. The van der Waals surface area contributed by atoms with E-state index in [1.807, 2.05) is 0 Å². The van der Waals surface area contributed by atoms with Crippen LogP contribution in [0.1, 0.15) is 96.9 Å². The third-order valence-corrected chi connectivity index (χ3v) is 24.5. The molecule has 0 spiro atoms. The zero-order chi connectivity index (χ0) is 22.3. The minimum Gasteiger partial charge on any atom is -0.289 e. The molecule has 0 unspecified atom stereocenters. The van der Waals surface area contributed by atoms with Gasteiger partial charge in [0.25, 0.3) is 0 Å². The Bertz CT molecular complexity index is 420. The lowest BCUT2D eigenvalue weighted by Gasteiger charge is -2.82. The van der Waals surface area contributed by atoms with Crippen molar-refractivity contribution in [2.45, 2.75) is 108 Å². The van der Waals surface area contributed by atoms with Gasteiger partial charge in [-0.1, -0.05) is 96.9 Å². The van der Waals surface area contributed by atoms with Crippen molar-refractivity contribution in [2.75, 3.05) is 24.6 Å². The van der Waals surface area contributed by atoms with Crippen molar-refractivity contribution < 1.29 is 0 Å². The van der Waals surface area contributed by atoms with Crippen LogP contribution in [0.3, 0.4) is 0 Å². The van der Waals surface area contributed by atoms with E-state index in [0.29, 0.717) is 10.6 Å². The predicted molar refractivity (Wildman–Crippen MR) is 144 cm³/mol. The summed E-state index contributed by atoms with van der Waals surface area (Å²) < 4.78 is 0. The zero-order valence-corrected chi connectivity index (χ0v) is 24.0. The summed E-state index contributed by atoms with van der Waals surface area (Å²) in [5.74, 6) is 3.34. The molecule has 166 valence electrons. The van der Waals surface area contributed by atoms with Crippen LogP contribution in [0.4, 0.5) is 0 Å². The molecule has 4 heteroatoms. The molecule has 0 aromatic rings. The van der Waals surface area contributed by atoms with Crippen molar-refractivity contribution in [3.8, 4) is 0 Å². The van der Waals surface area contributed by atoms with E-state index in [9.17, 15) is 0 Å². The smallest absolute Gasteiger partial charge is 0.191 e. The lowest BCUT2D eigenvalue weighted by atomic mass is 9.67. The third-order valence-electron chi connectivity index (χ3n) is 6.32. The van der Waals surface area contributed by atoms with Gasteiger partial charge in [-0.05, 0) is 48.3 Å². The van der Waals surface area contributed by atoms with E-state index < -0.39 is 14.0 Å². The van der Waals surface area contributed by atoms with Crippen LogP contribution in [-0.2, 0) is 0 Å². The maximum absolute atomic E-state index is 2.61. The van der Waals surface area contributed by atoms with Crippen LogP contribution in [0.15, 0.2) is 0 Å². The summed E-state index contributed by atoms with van der Waals surface area (Å²) in [6, 6.07) is 0. The summed E-state index contributed by atoms with van der Waals surface area (Å²) >= 11 is 0. The molecule has 0 aliphatic carbocycles. The van der Waals surface area contributed by atoms with Crippen molar-refractivity contribution >= 4 is 26.3 Å². The predicted octanol–water partition coefficient (Wildman–Crippen LogP) is 9.24. The van der Waals surface area contributed by atoms with E-state index in [0.717, 1.165) is 36.0 Å². The molecule has 0 N–H and O–H groups in total. The summed E-state index contributed by atoms with van der Waals surface area (Å²) in [6.07, 6.45) is 8.21. The van der Waals surface area contributed by atoms with Gasteiger partial charge in [0.1, 0.15) is 0 Å². The van der Waals surface area contributed by atoms with Crippen LogP contribution in [0.2, 0.25) is 10.6 Å². The lowest BCUT2D eigenvalue weighted by molar-refractivity contribution is 0.699. The second-order valence-electron chi connectivity index (χ2n) is 14.0. The van der Waals surface area contributed by atoms with E-state index in [1.54, 1.807) is 0 Å². The Kier molecular flexibility index (Phi) is 8.91. The highest BCUT2D eigenvalue weighted by molar-refractivity contribution is 8.71. The molecule has 1 fully saturated rings. The monoisotopic (exact) mass is 426 g/mol. The van der Waals surface area contributed by atoms with Crippen molar-refractivity contribution in [3.05, 3.63) is 0 Å². The largest absolute Gasteiger partial charge is 0.289 e. The highest BCUT2D eigenvalue weighted by Gasteiger charge is 2.71. The van der Waals surface area contributed by atoms with Gasteiger partial charge in [0.2, 0.25) is 0 Å². The molecule has 1 aliphatic rings. The van der Waals surface area contributed by atoms with E-state index in [-0.39, 0.29) is 0 Å². The fourth-order valence-electron chi connectivity index (χ4n) is 7.87. The van der Waals surface area contributed by atoms with Crippen molar-refractivity contribution in [2.24, 2.45) is 23.7 Å². The van der Waals surface area contributed by atoms with E-state index in [2.05, 4.69) is 96.9 Å². The number of hydrogen-bond donors (Lipinski definition) is 0. The van der Waals surface area contributed by atoms with E-state index in [1.165, 1.54) is 24.6 Å². The molecular weight excluding hydrogens is 372 g/mol. The molecule has 1 saturated heterocycles. The van der Waals surface area contributed by atoms with Gasteiger partial charge in [-0.15, -0.1) is 10.6 Å². The molecule has 0 atom stereocenters. The first-order chi connectivity index (χ1) is 12.4. The standard InChI is InChI=1S/C24H54B2P2/c1-19(2)15-27(16-20(3)4)25(23(9,10)11)28(17-21(5)6,18-22(7)8)26(27)24(12,13)14/h19-22H,15-18H2,1-14H3. The molecule has 0 aromatic heterocycles. The molecule has 0 nitrogen and oxygen atoms in total. The van der Waals surface area contributed by atoms with Crippen LogP contribution in [0, 0.1) is 23.7 Å². The molecule has 1 aliphatic heterocycles. The molecular formula is C24H54B2P2. The van der Waals surface area contributed by atoms with Gasteiger partial charge in [-0.3, -0.25) is 14.0 Å². The summed E-state index contributed by atoms with van der Waals surface area (Å²) in [4.78, 5) is 0. The van der Waals surface area contributed by atoms with Gasteiger partial charge in [0.05, 0.1) is 0 Å². The van der Waals surface area contributed by atoms with Gasteiger partial charge in [-0.25, -0.2) is 0 Å². The van der Waals surface area contributed by atoms with Crippen molar-refractivity contribution in [1.29, 1.82) is 0 Å². The normalized spacial score (nSPS) is 21.2. The average molecular weight is 426 g/mol. The van der Waals surface area contributed by atoms with Crippen LogP contribution in [-0.4, -0.2) is 37.0 Å². The highest BCUT2D eigenvalue weighted by Crippen LogP contribution is 3.02. The topological polar surface area (TPSA) is 0 Å². The molecule has 0 saturated carbocycles. The van der Waals surface area contributed by atoms with Gasteiger partial charge < -0.3 is 0 Å². The minimum absolute atomic E-state index is 0.455. The Hall–Kier alpha value is 0.990. The Balaban J connectivity index is 3.80. The van der Waals surface area contributed by atoms with E-state index in [4.69, 9.17) is 0 Å². The first kappa shape index (κ1) is 27.0. The minimum atomic E-state index is -1.03. The fourth-order valence-corrected chi connectivity index (χ4v) is 32.1. The average Bonchev–Trinajstić information content (AvgIpc) is 2.28. The van der Waals surface area contributed by atoms with Gasteiger partial charge >= 0.3 is 0 Å². The first-order valence-electron chi connectivity index (χ1n) is 12.1. The molecule has 28 heavy (non-hydrogen) atoms.